The number of rotatable bonds is 6. The van der Waals surface area contributed by atoms with Crippen LogP contribution in [-0.2, 0) is 4.74 Å². The van der Waals surface area contributed by atoms with Crippen LogP contribution in [0.1, 0.15) is 31.9 Å². The molecule has 2 rings (SSSR count). The van der Waals surface area contributed by atoms with Crippen molar-refractivity contribution in [2.45, 2.75) is 26.3 Å². The lowest BCUT2D eigenvalue weighted by atomic mass is 10.1. The Bertz CT molecular complexity index is 347. The maximum Gasteiger partial charge on any atom is 0.0657 e. The van der Waals surface area contributed by atoms with Crippen molar-refractivity contribution in [3.63, 3.8) is 0 Å². The molecule has 1 fully saturated rings. The molecule has 2 atom stereocenters. The van der Waals surface area contributed by atoms with Crippen molar-refractivity contribution < 1.29 is 4.74 Å². The molecule has 1 saturated carbocycles. The summed E-state index contributed by atoms with van der Waals surface area (Å²) in [6, 6.07) is 10.9. The largest absolute Gasteiger partial charge is 0.383 e. The molecule has 2 nitrogen and oxygen atoms in total. The highest BCUT2D eigenvalue weighted by molar-refractivity contribution is 5.19. The lowest BCUT2D eigenvalue weighted by Crippen LogP contribution is -2.27. The van der Waals surface area contributed by atoms with Crippen LogP contribution < -0.4 is 5.32 Å². The number of benzene rings is 1. The van der Waals surface area contributed by atoms with Gasteiger partial charge in [0.2, 0.25) is 0 Å². The van der Waals surface area contributed by atoms with Crippen molar-refractivity contribution in [3.8, 4) is 0 Å². The topological polar surface area (TPSA) is 21.3 Å². The van der Waals surface area contributed by atoms with E-state index in [1.165, 1.54) is 12.0 Å². The van der Waals surface area contributed by atoms with E-state index >= 15 is 0 Å². The Kier molecular flexibility index (Phi) is 3.85. The van der Waals surface area contributed by atoms with Gasteiger partial charge in [0.15, 0.2) is 0 Å². The summed E-state index contributed by atoms with van der Waals surface area (Å²) in [5.74, 6) is 0.825. The van der Waals surface area contributed by atoms with Gasteiger partial charge < -0.3 is 10.1 Å². The van der Waals surface area contributed by atoms with Gasteiger partial charge in [-0.25, -0.2) is 0 Å². The first-order valence-electron chi connectivity index (χ1n) is 6.41. The Morgan fingerprint density at radius 2 is 2.00 bits per heavy atom. The lowest BCUT2D eigenvalue weighted by molar-refractivity contribution is 0.165. The van der Waals surface area contributed by atoms with Crippen LogP contribution in [0.15, 0.2) is 30.3 Å². The zero-order valence-electron chi connectivity index (χ0n) is 11.1. The zero-order chi connectivity index (χ0) is 12.3. The molecule has 2 heteroatoms. The first-order valence-corrected chi connectivity index (χ1v) is 6.41. The first-order chi connectivity index (χ1) is 8.13. The minimum Gasteiger partial charge on any atom is -0.383 e. The van der Waals surface area contributed by atoms with Crippen molar-refractivity contribution in [2.75, 3.05) is 20.3 Å². The Morgan fingerprint density at radius 3 is 2.53 bits per heavy atom. The number of hydrogen-bond acceptors (Lipinski definition) is 2. The highest BCUT2D eigenvalue weighted by Gasteiger charge is 2.45. The van der Waals surface area contributed by atoms with Gasteiger partial charge >= 0.3 is 0 Å². The van der Waals surface area contributed by atoms with Crippen molar-refractivity contribution in [1.82, 2.24) is 5.32 Å². The normalized spacial score (nSPS) is 23.4. The van der Waals surface area contributed by atoms with Crippen molar-refractivity contribution in [3.05, 3.63) is 35.9 Å². The maximum atomic E-state index is 5.30. The number of ether oxygens (including phenoxy) is 1. The van der Waals surface area contributed by atoms with Gasteiger partial charge in [0.25, 0.3) is 0 Å². The summed E-state index contributed by atoms with van der Waals surface area (Å²) in [7, 11) is 1.76. The van der Waals surface area contributed by atoms with Gasteiger partial charge in [-0.15, -0.1) is 0 Å². The molecule has 0 amide bonds. The molecule has 94 valence electrons. The Balaban J connectivity index is 1.89. The molecular formula is C15H23NO. The van der Waals surface area contributed by atoms with Gasteiger partial charge in [0, 0.05) is 7.11 Å². The molecule has 0 bridgehead atoms. The third-order valence-electron chi connectivity index (χ3n) is 3.86. The predicted octanol–water partition coefficient (Wildman–Crippen LogP) is 3.01. The Hall–Kier alpha value is -0.860. The molecule has 1 aromatic carbocycles. The minimum absolute atomic E-state index is 0.317. The monoisotopic (exact) mass is 233 g/mol. The van der Waals surface area contributed by atoms with Crippen LogP contribution in [0.25, 0.3) is 0 Å². The molecule has 17 heavy (non-hydrogen) atoms. The van der Waals surface area contributed by atoms with Gasteiger partial charge in [-0.2, -0.15) is 0 Å². The van der Waals surface area contributed by atoms with Crippen LogP contribution in [0.5, 0.6) is 0 Å². The third kappa shape index (κ3) is 3.30. The van der Waals surface area contributed by atoms with Crippen molar-refractivity contribution in [1.29, 1.82) is 0 Å². The Labute approximate surface area is 104 Å². The number of nitrogens with one attached hydrogen (secondary N) is 1. The van der Waals surface area contributed by atoms with Crippen molar-refractivity contribution in [2.24, 2.45) is 11.3 Å². The molecule has 2 unspecified atom stereocenters. The third-order valence-corrected chi connectivity index (χ3v) is 3.86. The SMILES string of the molecule is COCC(NCC1CC1(C)C)c1ccccc1. The van der Waals surface area contributed by atoms with E-state index in [-0.39, 0.29) is 0 Å². The van der Waals surface area contributed by atoms with E-state index in [1.807, 2.05) is 0 Å². The van der Waals surface area contributed by atoms with E-state index in [1.54, 1.807) is 7.11 Å². The highest BCUT2D eigenvalue weighted by atomic mass is 16.5. The fourth-order valence-electron chi connectivity index (χ4n) is 2.33. The summed E-state index contributed by atoms with van der Waals surface area (Å²) in [4.78, 5) is 0. The second kappa shape index (κ2) is 5.19. The summed E-state index contributed by atoms with van der Waals surface area (Å²) in [5.41, 5.74) is 1.86. The summed E-state index contributed by atoms with van der Waals surface area (Å²) in [6.45, 7) is 6.51. The summed E-state index contributed by atoms with van der Waals surface area (Å²) in [6.07, 6.45) is 1.34. The average Bonchev–Trinajstić information content (AvgIpc) is 2.93. The maximum absolute atomic E-state index is 5.30. The number of methoxy groups -OCH3 is 1. The van der Waals surface area contributed by atoms with Crippen LogP contribution in [0, 0.1) is 11.3 Å². The van der Waals surface area contributed by atoms with Gasteiger partial charge in [0.1, 0.15) is 0 Å². The minimum atomic E-state index is 0.317. The fourth-order valence-corrected chi connectivity index (χ4v) is 2.33. The molecule has 1 N–H and O–H groups in total. The lowest BCUT2D eigenvalue weighted by Gasteiger charge is -2.19. The molecular weight excluding hydrogens is 210 g/mol. The fraction of sp³-hybridized carbons (Fsp3) is 0.600. The molecule has 0 saturated heterocycles. The van der Waals surface area contributed by atoms with E-state index in [4.69, 9.17) is 4.74 Å². The smallest absolute Gasteiger partial charge is 0.0657 e. The van der Waals surface area contributed by atoms with Gasteiger partial charge in [-0.05, 0) is 29.9 Å². The molecule has 1 aromatic rings. The van der Waals surface area contributed by atoms with Gasteiger partial charge in [-0.3, -0.25) is 0 Å². The molecule has 0 spiro atoms. The second-order valence-corrected chi connectivity index (χ2v) is 5.72. The van der Waals surface area contributed by atoms with Gasteiger partial charge in [0.05, 0.1) is 12.6 Å². The predicted molar refractivity (Wildman–Crippen MR) is 70.9 cm³/mol. The standard InChI is InChI=1S/C15H23NO/c1-15(2)9-13(15)10-16-14(11-17-3)12-7-5-4-6-8-12/h4-8,13-14,16H,9-11H2,1-3H3. The summed E-state index contributed by atoms with van der Waals surface area (Å²) >= 11 is 0. The molecule has 1 aliphatic rings. The van der Waals surface area contributed by atoms with Crippen LogP contribution in [0.2, 0.25) is 0 Å². The summed E-state index contributed by atoms with van der Waals surface area (Å²) in [5, 5.41) is 3.63. The van der Waals surface area contributed by atoms with E-state index in [0.29, 0.717) is 11.5 Å². The average molecular weight is 233 g/mol. The highest BCUT2D eigenvalue weighted by Crippen LogP contribution is 2.51. The van der Waals surface area contributed by atoms with Crippen LogP contribution >= 0.6 is 0 Å². The first kappa shape index (κ1) is 12.6. The van der Waals surface area contributed by atoms with Gasteiger partial charge in [-0.1, -0.05) is 44.2 Å². The molecule has 0 aliphatic heterocycles. The van der Waals surface area contributed by atoms with Crippen LogP contribution in [0.3, 0.4) is 0 Å². The quantitative estimate of drug-likeness (QED) is 0.815. The molecule has 0 heterocycles. The van der Waals surface area contributed by atoms with E-state index in [9.17, 15) is 0 Å². The second-order valence-electron chi connectivity index (χ2n) is 5.72. The zero-order valence-corrected chi connectivity index (χ0v) is 11.1. The molecule has 0 aromatic heterocycles. The van der Waals surface area contributed by atoms with E-state index in [0.717, 1.165) is 19.1 Å². The molecule has 0 radical (unpaired) electrons. The van der Waals surface area contributed by atoms with E-state index < -0.39 is 0 Å². The Morgan fingerprint density at radius 1 is 1.35 bits per heavy atom. The van der Waals surface area contributed by atoms with E-state index in [2.05, 4.69) is 49.5 Å². The van der Waals surface area contributed by atoms with Crippen LogP contribution in [0.4, 0.5) is 0 Å². The van der Waals surface area contributed by atoms with Crippen LogP contribution in [-0.4, -0.2) is 20.3 Å². The number of hydrogen-bond donors (Lipinski definition) is 1. The van der Waals surface area contributed by atoms with Crippen molar-refractivity contribution >= 4 is 0 Å². The molecule has 1 aliphatic carbocycles. The summed E-state index contributed by atoms with van der Waals surface area (Å²) < 4.78 is 5.30.